The summed E-state index contributed by atoms with van der Waals surface area (Å²) in [5.74, 6) is -2.16. The molecule has 24 heavy (non-hydrogen) atoms. The lowest BCUT2D eigenvalue weighted by atomic mass is 10.1. The van der Waals surface area contributed by atoms with Crippen LogP contribution < -0.4 is 0 Å². The van der Waals surface area contributed by atoms with Crippen molar-refractivity contribution in [2.24, 2.45) is 0 Å². The Hall–Kier alpha value is -1.84. The molecule has 1 aromatic carbocycles. The van der Waals surface area contributed by atoms with Gasteiger partial charge in [0.05, 0.1) is 0 Å². The molecule has 0 saturated carbocycles. The highest BCUT2D eigenvalue weighted by molar-refractivity contribution is 7.91. The molecule has 1 aliphatic heterocycles. The van der Waals surface area contributed by atoms with Crippen molar-refractivity contribution in [1.29, 1.82) is 0 Å². The lowest BCUT2D eigenvalue weighted by molar-refractivity contribution is 0.0697. The van der Waals surface area contributed by atoms with Gasteiger partial charge in [-0.2, -0.15) is 4.31 Å². The van der Waals surface area contributed by atoms with Crippen molar-refractivity contribution in [1.82, 2.24) is 9.21 Å². The Morgan fingerprint density at radius 2 is 1.67 bits per heavy atom. The fraction of sp³-hybridized carbons (Fsp3) is 0.267. The van der Waals surface area contributed by atoms with Crippen LogP contribution in [0.3, 0.4) is 0 Å². The number of sulfonamides is 1. The number of thiophene rings is 1. The Balaban J connectivity index is 1.70. The second kappa shape index (κ2) is 6.58. The predicted molar refractivity (Wildman–Crippen MR) is 85.3 cm³/mol. The van der Waals surface area contributed by atoms with Gasteiger partial charge in [0.2, 0.25) is 0 Å². The van der Waals surface area contributed by atoms with E-state index in [-0.39, 0.29) is 36.0 Å². The fourth-order valence-corrected chi connectivity index (χ4v) is 5.10. The lowest BCUT2D eigenvalue weighted by Gasteiger charge is -2.33. The van der Waals surface area contributed by atoms with Gasteiger partial charge in [-0.25, -0.2) is 17.2 Å². The van der Waals surface area contributed by atoms with Crippen molar-refractivity contribution in [2.45, 2.75) is 4.21 Å². The first kappa shape index (κ1) is 17.0. The van der Waals surface area contributed by atoms with Crippen LogP contribution in [0, 0.1) is 11.6 Å². The topological polar surface area (TPSA) is 57.7 Å². The van der Waals surface area contributed by atoms with E-state index < -0.39 is 27.6 Å². The van der Waals surface area contributed by atoms with Crippen LogP contribution in [0.2, 0.25) is 0 Å². The van der Waals surface area contributed by atoms with E-state index in [2.05, 4.69) is 0 Å². The molecule has 1 amide bonds. The summed E-state index contributed by atoms with van der Waals surface area (Å²) in [6.07, 6.45) is 0. The van der Waals surface area contributed by atoms with Gasteiger partial charge in [0, 0.05) is 37.8 Å². The molecule has 0 aliphatic carbocycles. The summed E-state index contributed by atoms with van der Waals surface area (Å²) < 4.78 is 52.9. The minimum Gasteiger partial charge on any atom is -0.336 e. The highest BCUT2D eigenvalue weighted by Gasteiger charge is 2.31. The first-order chi connectivity index (χ1) is 11.4. The van der Waals surface area contributed by atoms with E-state index in [1.54, 1.807) is 11.4 Å². The molecule has 2 heterocycles. The van der Waals surface area contributed by atoms with Gasteiger partial charge >= 0.3 is 0 Å². The molecule has 0 bridgehead atoms. The van der Waals surface area contributed by atoms with Crippen LogP contribution in [0.25, 0.3) is 0 Å². The zero-order valence-electron chi connectivity index (χ0n) is 12.5. The molecule has 0 spiro atoms. The largest absolute Gasteiger partial charge is 0.336 e. The van der Waals surface area contributed by atoms with Crippen LogP contribution >= 0.6 is 11.3 Å². The van der Waals surface area contributed by atoms with Gasteiger partial charge in [-0.3, -0.25) is 4.79 Å². The average molecular weight is 372 g/mol. The fourth-order valence-electron chi connectivity index (χ4n) is 2.53. The molecule has 1 fully saturated rings. The second-order valence-corrected chi connectivity index (χ2v) is 8.40. The molecule has 1 aromatic heterocycles. The summed E-state index contributed by atoms with van der Waals surface area (Å²) in [7, 11) is -3.55. The third-order valence-electron chi connectivity index (χ3n) is 3.72. The van der Waals surface area contributed by atoms with Gasteiger partial charge in [0.15, 0.2) is 0 Å². The predicted octanol–water partition coefficient (Wildman–Crippen LogP) is 2.17. The number of benzene rings is 1. The van der Waals surface area contributed by atoms with Gasteiger partial charge in [0.1, 0.15) is 15.8 Å². The van der Waals surface area contributed by atoms with Crippen LogP contribution in [0.1, 0.15) is 10.4 Å². The van der Waals surface area contributed by atoms with Crippen LogP contribution in [0.5, 0.6) is 0 Å². The van der Waals surface area contributed by atoms with Gasteiger partial charge in [-0.05, 0) is 23.6 Å². The Morgan fingerprint density at radius 3 is 2.21 bits per heavy atom. The quantitative estimate of drug-likeness (QED) is 0.830. The Morgan fingerprint density at radius 1 is 1.04 bits per heavy atom. The van der Waals surface area contributed by atoms with Gasteiger partial charge in [-0.15, -0.1) is 11.3 Å². The smallest absolute Gasteiger partial charge is 0.254 e. The number of carbonyl (C=O) groups excluding carboxylic acids is 1. The SMILES string of the molecule is O=C(c1cc(F)cc(F)c1)N1CCN(S(=O)(=O)c2cccs2)CC1. The normalized spacial score (nSPS) is 16.3. The van der Waals surface area contributed by atoms with Crippen molar-refractivity contribution < 1.29 is 22.0 Å². The Labute approximate surface area is 142 Å². The van der Waals surface area contributed by atoms with Crippen molar-refractivity contribution >= 4 is 27.3 Å². The van der Waals surface area contributed by atoms with Crippen molar-refractivity contribution in [3.8, 4) is 0 Å². The molecule has 0 unspecified atom stereocenters. The van der Waals surface area contributed by atoms with E-state index in [1.165, 1.54) is 15.3 Å². The number of carbonyl (C=O) groups is 1. The third-order valence-corrected chi connectivity index (χ3v) is 7.00. The van der Waals surface area contributed by atoms with E-state index in [1.807, 2.05) is 0 Å². The van der Waals surface area contributed by atoms with E-state index in [0.717, 1.165) is 23.5 Å². The van der Waals surface area contributed by atoms with Crippen LogP contribution in [-0.4, -0.2) is 49.7 Å². The number of hydrogen-bond donors (Lipinski definition) is 0. The lowest BCUT2D eigenvalue weighted by Crippen LogP contribution is -2.50. The molecule has 1 saturated heterocycles. The summed E-state index contributed by atoms with van der Waals surface area (Å²) in [5.41, 5.74) is -0.0814. The monoisotopic (exact) mass is 372 g/mol. The summed E-state index contributed by atoms with van der Waals surface area (Å²) >= 11 is 1.14. The minimum absolute atomic E-state index is 0.0814. The zero-order chi connectivity index (χ0) is 17.3. The average Bonchev–Trinajstić information content (AvgIpc) is 3.08. The molecule has 3 rings (SSSR count). The Bertz CT molecular complexity index is 825. The third kappa shape index (κ3) is 3.33. The van der Waals surface area contributed by atoms with E-state index in [9.17, 15) is 22.0 Å². The molecule has 128 valence electrons. The molecule has 9 heteroatoms. The summed E-state index contributed by atoms with van der Waals surface area (Å²) in [6.45, 7) is 0.622. The van der Waals surface area contributed by atoms with Crippen molar-refractivity contribution in [2.75, 3.05) is 26.2 Å². The molecule has 0 atom stereocenters. The van der Waals surface area contributed by atoms with Gasteiger partial charge < -0.3 is 4.90 Å². The molecular weight excluding hydrogens is 358 g/mol. The van der Waals surface area contributed by atoms with Crippen molar-refractivity contribution in [3.05, 3.63) is 52.9 Å². The molecule has 0 radical (unpaired) electrons. The maximum Gasteiger partial charge on any atom is 0.254 e. The summed E-state index contributed by atoms with van der Waals surface area (Å²) in [4.78, 5) is 13.7. The number of amides is 1. The molecule has 2 aromatic rings. The summed E-state index contributed by atoms with van der Waals surface area (Å²) in [6, 6.07) is 5.84. The second-order valence-electron chi connectivity index (χ2n) is 5.29. The number of nitrogens with zero attached hydrogens (tertiary/aromatic N) is 2. The standard InChI is InChI=1S/C15H14F2N2O3S2/c16-12-8-11(9-13(17)10-12)15(20)18-3-5-19(6-4-18)24(21,22)14-2-1-7-23-14/h1-2,7-10H,3-6H2. The highest BCUT2D eigenvalue weighted by Crippen LogP contribution is 2.22. The molecule has 0 N–H and O–H groups in total. The highest BCUT2D eigenvalue weighted by atomic mass is 32.2. The minimum atomic E-state index is -3.55. The number of hydrogen-bond acceptors (Lipinski definition) is 4. The van der Waals surface area contributed by atoms with E-state index in [0.29, 0.717) is 6.07 Å². The van der Waals surface area contributed by atoms with Gasteiger partial charge in [0.25, 0.3) is 15.9 Å². The molecular formula is C15H14F2N2O3S2. The maximum atomic E-state index is 13.2. The van der Waals surface area contributed by atoms with Gasteiger partial charge in [-0.1, -0.05) is 6.07 Å². The van der Waals surface area contributed by atoms with Crippen LogP contribution in [0.15, 0.2) is 39.9 Å². The first-order valence-corrected chi connectivity index (χ1v) is 9.49. The van der Waals surface area contributed by atoms with E-state index >= 15 is 0 Å². The zero-order valence-corrected chi connectivity index (χ0v) is 14.1. The number of rotatable bonds is 3. The van der Waals surface area contributed by atoms with Crippen LogP contribution in [0.4, 0.5) is 8.78 Å². The van der Waals surface area contributed by atoms with E-state index in [4.69, 9.17) is 0 Å². The molecule has 1 aliphatic rings. The maximum absolute atomic E-state index is 13.2. The number of piperazine rings is 1. The van der Waals surface area contributed by atoms with Crippen LogP contribution in [-0.2, 0) is 10.0 Å². The Kier molecular flexibility index (Phi) is 4.66. The van der Waals surface area contributed by atoms with Crippen molar-refractivity contribution in [3.63, 3.8) is 0 Å². The molecule has 5 nitrogen and oxygen atoms in total. The number of halogens is 2. The first-order valence-electron chi connectivity index (χ1n) is 7.17. The summed E-state index contributed by atoms with van der Waals surface area (Å²) in [5, 5.41) is 1.69.